The first-order valence-corrected chi connectivity index (χ1v) is 8.93. The highest BCUT2D eigenvalue weighted by Crippen LogP contribution is 2.28. The van der Waals surface area contributed by atoms with E-state index in [4.69, 9.17) is 0 Å². The van der Waals surface area contributed by atoms with Crippen LogP contribution in [-0.2, 0) is 6.54 Å². The first-order chi connectivity index (χ1) is 11.1. The van der Waals surface area contributed by atoms with Gasteiger partial charge in [-0.3, -0.25) is 4.99 Å². The Hall–Kier alpha value is -1.50. The SMILES string of the molecule is CN=C(NCc1cccc(OC(F)F)c1)NC1CCC(SC)C1. The molecule has 2 rings (SSSR count). The molecule has 1 aromatic rings. The van der Waals surface area contributed by atoms with Crippen molar-refractivity contribution in [2.24, 2.45) is 4.99 Å². The molecule has 4 nitrogen and oxygen atoms in total. The lowest BCUT2D eigenvalue weighted by molar-refractivity contribution is -0.0498. The highest BCUT2D eigenvalue weighted by atomic mass is 32.2. The van der Waals surface area contributed by atoms with E-state index in [0.717, 1.165) is 24.4 Å². The Kier molecular flexibility index (Phi) is 6.95. The van der Waals surface area contributed by atoms with Crippen molar-refractivity contribution in [3.63, 3.8) is 0 Å². The summed E-state index contributed by atoms with van der Waals surface area (Å²) in [5.41, 5.74) is 0.861. The minimum absolute atomic E-state index is 0.167. The summed E-state index contributed by atoms with van der Waals surface area (Å²) in [6.45, 7) is -2.31. The second-order valence-electron chi connectivity index (χ2n) is 5.46. The van der Waals surface area contributed by atoms with Crippen LogP contribution in [0.15, 0.2) is 29.3 Å². The van der Waals surface area contributed by atoms with Crippen LogP contribution in [0.4, 0.5) is 8.78 Å². The van der Waals surface area contributed by atoms with Crippen LogP contribution in [0.5, 0.6) is 5.75 Å². The van der Waals surface area contributed by atoms with Crippen molar-refractivity contribution in [1.82, 2.24) is 10.6 Å². The average Bonchev–Trinajstić information content (AvgIpc) is 2.99. The number of alkyl halides is 2. The van der Waals surface area contributed by atoms with Crippen LogP contribution >= 0.6 is 11.8 Å². The van der Waals surface area contributed by atoms with Gasteiger partial charge in [0, 0.05) is 24.9 Å². The molecule has 2 unspecified atom stereocenters. The molecule has 1 aliphatic rings. The standard InChI is InChI=1S/C16H23F2N3OS/c1-19-16(21-12-6-7-14(9-12)23-2)20-10-11-4-3-5-13(8-11)22-15(17)18/h3-5,8,12,14-15H,6-7,9-10H2,1-2H3,(H2,19,20,21). The maximum Gasteiger partial charge on any atom is 0.387 e. The Bertz CT molecular complexity index is 528. The third-order valence-electron chi connectivity index (χ3n) is 3.87. The van der Waals surface area contributed by atoms with Crippen molar-refractivity contribution >= 4 is 17.7 Å². The van der Waals surface area contributed by atoms with Gasteiger partial charge >= 0.3 is 6.61 Å². The number of nitrogens with one attached hydrogen (secondary N) is 2. The minimum Gasteiger partial charge on any atom is -0.435 e. The molecule has 1 aromatic carbocycles. The van der Waals surface area contributed by atoms with Crippen molar-refractivity contribution in [2.75, 3.05) is 13.3 Å². The van der Waals surface area contributed by atoms with E-state index < -0.39 is 6.61 Å². The molecule has 0 bridgehead atoms. The Morgan fingerprint density at radius 3 is 2.91 bits per heavy atom. The zero-order chi connectivity index (χ0) is 16.7. The Balaban J connectivity index is 1.84. The topological polar surface area (TPSA) is 45.7 Å². The smallest absolute Gasteiger partial charge is 0.387 e. The number of ether oxygens (including phenoxy) is 1. The van der Waals surface area contributed by atoms with E-state index in [0.29, 0.717) is 17.8 Å². The fourth-order valence-corrected chi connectivity index (χ4v) is 3.49. The van der Waals surface area contributed by atoms with Crippen LogP contribution in [0.25, 0.3) is 0 Å². The van der Waals surface area contributed by atoms with Gasteiger partial charge in [-0.25, -0.2) is 0 Å². The monoisotopic (exact) mass is 343 g/mol. The minimum atomic E-state index is -2.81. The molecule has 0 heterocycles. The molecule has 128 valence electrons. The largest absolute Gasteiger partial charge is 0.435 e. The Morgan fingerprint density at radius 2 is 2.26 bits per heavy atom. The van der Waals surface area contributed by atoms with E-state index in [1.807, 2.05) is 17.8 Å². The summed E-state index contributed by atoms with van der Waals surface area (Å²) in [6, 6.07) is 7.12. The number of guanidine groups is 1. The predicted molar refractivity (Wildman–Crippen MR) is 91.4 cm³/mol. The molecule has 0 amide bonds. The van der Waals surface area contributed by atoms with E-state index in [1.54, 1.807) is 19.2 Å². The van der Waals surface area contributed by atoms with E-state index >= 15 is 0 Å². The van der Waals surface area contributed by atoms with Gasteiger partial charge in [0.05, 0.1) is 0 Å². The maximum atomic E-state index is 12.2. The molecular weight excluding hydrogens is 320 g/mol. The third-order valence-corrected chi connectivity index (χ3v) is 4.96. The van der Waals surface area contributed by atoms with Crippen molar-refractivity contribution in [3.8, 4) is 5.75 Å². The molecule has 1 saturated carbocycles. The van der Waals surface area contributed by atoms with Gasteiger partial charge in [0.15, 0.2) is 5.96 Å². The summed E-state index contributed by atoms with van der Waals surface area (Å²) in [5, 5.41) is 7.35. The second-order valence-corrected chi connectivity index (χ2v) is 6.60. The van der Waals surface area contributed by atoms with Gasteiger partial charge < -0.3 is 15.4 Å². The van der Waals surface area contributed by atoms with Crippen LogP contribution < -0.4 is 15.4 Å². The molecule has 0 radical (unpaired) electrons. The maximum absolute atomic E-state index is 12.2. The number of thioether (sulfide) groups is 1. The highest BCUT2D eigenvalue weighted by molar-refractivity contribution is 7.99. The van der Waals surface area contributed by atoms with Gasteiger partial charge in [-0.15, -0.1) is 0 Å². The molecule has 2 atom stereocenters. The summed E-state index contributed by atoms with van der Waals surface area (Å²) < 4.78 is 28.9. The van der Waals surface area contributed by atoms with Crippen LogP contribution in [-0.4, -0.2) is 37.2 Å². The lowest BCUT2D eigenvalue weighted by Gasteiger charge is -2.17. The van der Waals surface area contributed by atoms with Gasteiger partial charge in [0.1, 0.15) is 5.75 Å². The zero-order valence-electron chi connectivity index (χ0n) is 13.4. The zero-order valence-corrected chi connectivity index (χ0v) is 14.2. The fraction of sp³-hybridized carbons (Fsp3) is 0.562. The fourth-order valence-electron chi connectivity index (χ4n) is 2.69. The molecule has 0 aliphatic heterocycles. The van der Waals surface area contributed by atoms with Crippen LogP contribution in [0.1, 0.15) is 24.8 Å². The van der Waals surface area contributed by atoms with Crippen LogP contribution in [0, 0.1) is 0 Å². The number of aliphatic imine (C=N–C) groups is 1. The summed E-state index contributed by atoms with van der Waals surface area (Å²) in [4.78, 5) is 4.22. The van der Waals surface area contributed by atoms with Gasteiger partial charge in [-0.1, -0.05) is 12.1 Å². The number of nitrogens with zero attached hydrogens (tertiary/aromatic N) is 1. The van der Waals surface area contributed by atoms with Gasteiger partial charge in [0.25, 0.3) is 0 Å². The predicted octanol–water partition coefficient (Wildman–Crippen LogP) is 3.24. The van der Waals surface area contributed by atoms with Gasteiger partial charge in [-0.2, -0.15) is 20.5 Å². The summed E-state index contributed by atoms with van der Waals surface area (Å²) in [6.07, 6.45) is 5.65. The number of hydrogen-bond donors (Lipinski definition) is 2. The first-order valence-electron chi connectivity index (χ1n) is 7.64. The van der Waals surface area contributed by atoms with Crippen molar-refractivity contribution in [3.05, 3.63) is 29.8 Å². The van der Waals surface area contributed by atoms with Crippen molar-refractivity contribution < 1.29 is 13.5 Å². The summed E-state index contributed by atoms with van der Waals surface area (Å²) in [5.74, 6) is 0.901. The molecule has 23 heavy (non-hydrogen) atoms. The van der Waals surface area contributed by atoms with E-state index in [-0.39, 0.29) is 5.75 Å². The molecule has 7 heteroatoms. The van der Waals surface area contributed by atoms with Crippen LogP contribution in [0.3, 0.4) is 0 Å². The van der Waals surface area contributed by atoms with Gasteiger partial charge in [-0.05, 0) is 43.2 Å². The van der Waals surface area contributed by atoms with Crippen LogP contribution in [0.2, 0.25) is 0 Å². The lowest BCUT2D eigenvalue weighted by Crippen LogP contribution is -2.42. The third kappa shape index (κ3) is 5.89. The average molecular weight is 343 g/mol. The molecule has 1 fully saturated rings. The molecule has 1 aliphatic carbocycles. The number of benzene rings is 1. The normalized spacial score (nSPS) is 21.5. The van der Waals surface area contributed by atoms with E-state index in [2.05, 4.69) is 26.6 Å². The summed E-state index contributed by atoms with van der Waals surface area (Å²) in [7, 11) is 1.73. The van der Waals surface area contributed by atoms with Crippen molar-refractivity contribution in [2.45, 2.75) is 43.7 Å². The summed E-state index contributed by atoms with van der Waals surface area (Å²) >= 11 is 1.91. The molecule has 0 saturated heterocycles. The second kappa shape index (κ2) is 8.96. The van der Waals surface area contributed by atoms with E-state index in [1.165, 1.54) is 12.5 Å². The molecular formula is C16H23F2N3OS. The molecule has 0 spiro atoms. The highest BCUT2D eigenvalue weighted by Gasteiger charge is 2.24. The quantitative estimate of drug-likeness (QED) is 0.615. The molecule has 2 N–H and O–H groups in total. The van der Waals surface area contributed by atoms with Crippen molar-refractivity contribution in [1.29, 1.82) is 0 Å². The number of hydrogen-bond acceptors (Lipinski definition) is 3. The van der Waals surface area contributed by atoms with E-state index in [9.17, 15) is 8.78 Å². The Morgan fingerprint density at radius 1 is 1.43 bits per heavy atom. The van der Waals surface area contributed by atoms with Gasteiger partial charge in [0.2, 0.25) is 0 Å². The number of rotatable bonds is 6. The number of halogens is 2. The lowest BCUT2D eigenvalue weighted by atomic mass is 10.2. The molecule has 0 aromatic heterocycles. The Labute approximate surface area is 140 Å². The first kappa shape index (κ1) is 17.8.